The van der Waals surface area contributed by atoms with Crippen molar-refractivity contribution in [2.75, 3.05) is 6.54 Å². The smallest absolute Gasteiger partial charge is 0.307 e. The van der Waals surface area contributed by atoms with Crippen molar-refractivity contribution < 1.29 is 14.7 Å². The van der Waals surface area contributed by atoms with Gasteiger partial charge in [0, 0.05) is 6.54 Å². The number of aliphatic carboxylic acids is 1. The third kappa shape index (κ3) is 3.36. The van der Waals surface area contributed by atoms with Crippen LogP contribution in [0.3, 0.4) is 0 Å². The molecule has 5 nitrogen and oxygen atoms in total. The van der Waals surface area contributed by atoms with Crippen LogP contribution < -0.4 is 10.6 Å². The van der Waals surface area contributed by atoms with Crippen LogP contribution in [0, 0.1) is 0 Å². The minimum atomic E-state index is -0.867. The van der Waals surface area contributed by atoms with Crippen molar-refractivity contribution in [2.24, 2.45) is 0 Å². The maximum Gasteiger partial charge on any atom is 0.307 e. The van der Waals surface area contributed by atoms with Crippen LogP contribution >= 0.6 is 0 Å². The fourth-order valence-electron chi connectivity index (χ4n) is 2.52. The number of nitrogens with one attached hydrogen (secondary N) is 2. The Morgan fingerprint density at radius 1 is 1.35 bits per heavy atom. The second kappa shape index (κ2) is 6.05. The fraction of sp³-hybridized carbons (Fsp3) is 0.467. The van der Waals surface area contributed by atoms with Crippen LogP contribution in [0.15, 0.2) is 24.3 Å². The molecule has 1 aliphatic heterocycles. The number of benzene rings is 1. The van der Waals surface area contributed by atoms with E-state index < -0.39 is 11.5 Å². The maximum atomic E-state index is 12.2. The average Bonchev–Trinajstić information content (AvgIpc) is 2.85. The van der Waals surface area contributed by atoms with Crippen LogP contribution in [0.4, 0.5) is 0 Å². The normalized spacial score (nSPS) is 21.6. The molecule has 0 saturated carbocycles. The van der Waals surface area contributed by atoms with Crippen LogP contribution in [-0.4, -0.2) is 29.1 Å². The number of hydrogen-bond acceptors (Lipinski definition) is 3. The zero-order chi connectivity index (χ0) is 14.6. The van der Waals surface area contributed by atoms with Gasteiger partial charge in [0.25, 0.3) is 0 Å². The van der Waals surface area contributed by atoms with Crippen molar-refractivity contribution in [1.82, 2.24) is 10.6 Å². The number of carboxylic acid groups (broad SMARTS) is 1. The molecule has 20 heavy (non-hydrogen) atoms. The largest absolute Gasteiger partial charge is 0.481 e. The number of carbonyl (C=O) groups is 2. The predicted octanol–water partition coefficient (Wildman–Crippen LogP) is 1.07. The summed E-state index contributed by atoms with van der Waals surface area (Å²) in [6.07, 6.45) is 1.80. The Bertz CT molecular complexity index is 508. The Labute approximate surface area is 118 Å². The first kappa shape index (κ1) is 14.5. The summed E-state index contributed by atoms with van der Waals surface area (Å²) in [6.45, 7) is 3.12. The summed E-state index contributed by atoms with van der Waals surface area (Å²) in [5.41, 5.74) is 1.09. The maximum absolute atomic E-state index is 12.2. The third-order valence-corrected chi connectivity index (χ3v) is 3.77. The monoisotopic (exact) mass is 276 g/mol. The van der Waals surface area contributed by atoms with Crippen molar-refractivity contribution in [3.05, 3.63) is 35.4 Å². The molecular weight excluding hydrogens is 256 g/mol. The Morgan fingerprint density at radius 2 is 2.05 bits per heavy atom. The van der Waals surface area contributed by atoms with E-state index in [1.165, 1.54) is 0 Å². The van der Waals surface area contributed by atoms with Gasteiger partial charge in [0.15, 0.2) is 0 Å². The van der Waals surface area contributed by atoms with Crippen molar-refractivity contribution in [3.63, 3.8) is 0 Å². The van der Waals surface area contributed by atoms with Crippen molar-refractivity contribution in [2.45, 2.75) is 38.3 Å². The molecule has 0 bridgehead atoms. The van der Waals surface area contributed by atoms with Gasteiger partial charge in [0.2, 0.25) is 5.91 Å². The first-order valence-electron chi connectivity index (χ1n) is 6.83. The van der Waals surface area contributed by atoms with Gasteiger partial charge >= 0.3 is 5.97 Å². The van der Waals surface area contributed by atoms with E-state index in [1.54, 1.807) is 6.07 Å². The quantitative estimate of drug-likeness (QED) is 0.752. The molecule has 1 fully saturated rings. The lowest BCUT2D eigenvalue weighted by Gasteiger charge is -2.23. The summed E-state index contributed by atoms with van der Waals surface area (Å²) in [7, 11) is 0. The summed E-state index contributed by atoms with van der Waals surface area (Å²) in [5.74, 6) is -0.895. The Hall–Kier alpha value is -1.88. The van der Waals surface area contributed by atoms with Gasteiger partial charge in [0.1, 0.15) is 0 Å². The molecule has 0 aromatic heterocycles. The van der Waals surface area contributed by atoms with Gasteiger partial charge in [-0.2, -0.15) is 0 Å². The Morgan fingerprint density at radius 3 is 2.65 bits per heavy atom. The molecule has 1 aliphatic rings. The number of amides is 1. The predicted molar refractivity (Wildman–Crippen MR) is 75.3 cm³/mol. The number of carboxylic acids is 1. The van der Waals surface area contributed by atoms with E-state index in [0.717, 1.165) is 30.5 Å². The minimum absolute atomic E-state index is 0.0262. The zero-order valence-electron chi connectivity index (χ0n) is 11.6. The highest BCUT2D eigenvalue weighted by Crippen LogP contribution is 2.19. The highest BCUT2D eigenvalue weighted by atomic mass is 16.4. The molecule has 1 unspecified atom stereocenters. The summed E-state index contributed by atoms with van der Waals surface area (Å²) >= 11 is 0. The molecule has 1 heterocycles. The first-order valence-corrected chi connectivity index (χ1v) is 6.83. The van der Waals surface area contributed by atoms with Crippen molar-refractivity contribution in [1.29, 1.82) is 0 Å². The van der Waals surface area contributed by atoms with Crippen LogP contribution in [0.1, 0.15) is 30.9 Å². The van der Waals surface area contributed by atoms with Crippen molar-refractivity contribution in [3.8, 4) is 0 Å². The van der Waals surface area contributed by atoms with E-state index in [2.05, 4.69) is 10.6 Å². The molecule has 0 aliphatic carbocycles. The van der Waals surface area contributed by atoms with E-state index in [4.69, 9.17) is 5.11 Å². The highest BCUT2D eigenvalue weighted by molar-refractivity contribution is 5.86. The molecule has 1 aromatic carbocycles. The Kier molecular flexibility index (Phi) is 4.39. The number of hydrogen-bond donors (Lipinski definition) is 3. The van der Waals surface area contributed by atoms with Crippen LogP contribution in [0.25, 0.3) is 0 Å². The topological polar surface area (TPSA) is 78.4 Å². The summed E-state index contributed by atoms with van der Waals surface area (Å²) in [4.78, 5) is 23.0. The lowest BCUT2D eigenvalue weighted by Crippen LogP contribution is -2.50. The molecule has 0 radical (unpaired) electrons. The summed E-state index contributed by atoms with van der Waals surface area (Å²) in [6, 6.07) is 7.29. The molecule has 1 aromatic rings. The molecule has 1 amide bonds. The van der Waals surface area contributed by atoms with Gasteiger partial charge in [-0.15, -0.1) is 0 Å². The molecule has 5 heteroatoms. The van der Waals surface area contributed by atoms with E-state index in [0.29, 0.717) is 6.54 Å². The van der Waals surface area contributed by atoms with E-state index >= 15 is 0 Å². The average molecular weight is 276 g/mol. The highest BCUT2D eigenvalue weighted by Gasteiger charge is 2.35. The van der Waals surface area contributed by atoms with Crippen LogP contribution in [0.2, 0.25) is 0 Å². The van der Waals surface area contributed by atoms with E-state index in [1.807, 2.05) is 25.1 Å². The van der Waals surface area contributed by atoms with Crippen LogP contribution in [0.5, 0.6) is 0 Å². The lowest BCUT2D eigenvalue weighted by molar-refractivity contribution is -0.136. The van der Waals surface area contributed by atoms with Gasteiger partial charge in [-0.25, -0.2) is 0 Å². The second-order valence-corrected chi connectivity index (χ2v) is 5.38. The molecule has 0 spiro atoms. The molecular formula is C15H20N2O3. The number of rotatable bonds is 5. The minimum Gasteiger partial charge on any atom is -0.481 e. The van der Waals surface area contributed by atoms with Crippen LogP contribution in [-0.2, 0) is 22.6 Å². The second-order valence-electron chi connectivity index (χ2n) is 5.38. The molecule has 1 atom stereocenters. The molecule has 2 rings (SSSR count). The number of carbonyl (C=O) groups excluding carboxylic acids is 1. The molecule has 108 valence electrons. The fourth-order valence-corrected chi connectivity index (χ4v) is 2.52. The van der Waals surface area contributed by atoms with Gasteiger partial charge in [-0.3, -0.25) is 9.59 Å². The SMILES string of the molecule is CC1(C(=O)NCc2ccccc2CC(=O)O)CCCN1. The zero-order valence-corrected chi connectivity index (χ0v) is 11.6. The van der Waals surface area contributed by atoms with Crippen molar-refractivity contribution >= 4 is 11.9 Å². The summed E-state index contributed by atoms with van der Waals surface area (Å²) in [5, 5.41) is 15.0. The van der Waals surface area contributed by atoms with Gasteiger partial charge in [-0.05, 0) is 37.4 Å². The van der Waals surface area contributed by atoms with E-state index in [9.17, 15) is 9.59 Å². The lowest BCUT2D eigenvalue weighted by atomic mass is 9.98. The Balaban J connectivity index is 2.00. The van der Waals surface area contributed by atoms with Gasteiger partial charge < -0.3 is 15.7 Å². The van der Waals surface area contributed by atoms with Gasteiger partial charge in [-0.1, -0.05) is 24.3 Å². The first-order chi connectivity index (χ1) is 9.51. The van der Waals surface area contributed by atoms with E-state index in [-0.39, 0.29) is 12.3 Å². The third-order valence-electron chi connectivity index (χ3n) is 3.77. The van der Waals surface area contributed by atoms with Gasteiger partial charge in [0.05, 0.1) is 12.0 Å². The molecule has 1 saturated heterocycles. The summed E-state index contributed by atoms with van der Waals surface area (Å²) < 4.78 is 0. The standard InChI is InChI=1S/C15H20N2O3/c1-15(7-4-8-17-15)14(20)16-10-12-6-3-2-5-11(12)9-13(18)19/h2-3,5-6,17H,4,7-10H2,1H3,(H,16,20)(H,18,19). The molecule has 3 N–H and O–H groups in total.